The van der Waals surface area contributed by atoms with Gasteiger partial charge < -0.3 is 5.73 Å². The Hall–Kier alpha value is -2.18. The van der Waals surface area contributed by atoms with Crippen molar-refractivity contribution in [2.75, 3.05) is 5.73 Å². The van der Waals surface area contributed by atoms with Gasteiger partial charge in [0.15, 0.2) is 5.78 Å². The average Bonchev–Trinajstić information content (AvgIpc) is 2.39. The number of para-hydroxylation sites is 1. The summed E-state index contributed by atoms with van der Waals surface area (Å²) in [5.41, 5.74) is 7.61. The fourth-order valence-electron chi connectivity index (χ4n) is 1.53. The Morgan fingerprint density at radius 1 is 1.05 bits per heavy atom. The number of Topliss-reactive ketones (excluding diaryl/α,β-unsaturated/α-hetero) is 1. The number of ketones is 1. The molecule has 0 saturated carbocycles. The van der Waals surface area contributed by atoms with Crippen LogP contribution in [0.15, 0.2) is 53.4 Å². The molecule has 0 fully saturated rings. The molecule has 6 heteroatoms. The first-order valence-electron chi connectivity index (χ1n) is 6.11. The van der Waals surface area contributed by atoms with Crippen molar-refractivity contribution in [3.8, 4) is 0 Å². The number of hydrogen-bond acceptors (Lipinski definition) is 4. The highest BCUT2D eigenvalue weighted by Gasteiger charge is 2.06. The Balaban J connectivity index is 0.000000211. The molecule has 2 aromatic rings. The Kier molecular flexibility index (Phi) is 5.63. The van der Waals surface area contributed by atoms with Gasteiger partial charge in [0.2, 0.25) is 0 Å². The lowest BCUT2D eigenvalue weighted by Crippen LogP contribution is -1.97. The van der Waals surface area contributed by atoms with Crippen LogP contribution in [0.4, 0.5) is 5.69 Å². The van der Waals surface area contributed by atoms with Crippen LogP contribution in [0, 0.1) is 6.92 Å². The molecule has 2 rings (SSSR count). The van der Waals surface area contributed by atoms with Crippen LogP contribution in [0.25, 0.3) is 0 Å². The molecule has 0 atom stereocenters. The fourth-order valence-corrected chi connectivity index (χ4v) is 2.01. The van der Waals surface area contributed by atoms with E-state index in [2.05, 4.69) is 0 Å². The molecule has 0 saturated heterocycles. The van der Waals surface area contributed by atoms with E-state index in [1.54, 1.807) is 30.3 Å². The zero-order chi connectivity index (χ0) is 16.0. The molecule has 5 nitrogen and oxygen atoms in total. The van der Waals surface area contributed by atoms with Crippen molar-refractivity contribution in [3.05, 3.63) is 59.7 Å². The average molecular weight is 307 g/mol. The highest BCUT2D eigenvalue weighted by Crippen LogP contribution is 2.10. The molecule has 0 aromatic heterocycles. The molecular formula is C15H17NO4S. The second-order valence-electron chi connectivity index (χ2n) is 4.43. The van der Waals surface area contributed by atoms with Gasteiger partial charge in [0.25, 0.3) is 10.1 Å². The van der Waals surface area contributed by atoms with E-state index in [-0.39, 0.29) is 10.7 Å². The Bertz CT molecular complexity index is 722. The summed E-state index contributed by atoms with van der Waals surface area (Å²) in [5.74, 6) is 0.0121. The number of carbonyl (C=O) groups excluding carboxylic acids is 1. The molecule has 112 valence electrons. The van der Waals surface area contributed by atoms with Crippen molar-refractivity contribution < 1.29 is 17.8 Å². The summed E-state index contributed by atoms with van der Waals surface area (Å²) < 4.78 is 29.6. The number of rotatable bonds is 2. The summed E-state index contributed by atoms with van der Waals surface area (Å²) in [5, 5.41) is 0. The number of aryl methyl sites for hydroxylation is 1. The fraction of sp³-hybridized carbons (Fsp3) is 0.133. The SMILES string of the molecule is CC(=O)c1ccccc1N.Cc1ccc(S(=O)(=O)O)cc1. The second-order valence-corrected chi connectivity index (χ2v) is 5.85. The number of hydrogen-bond donors (Lipinski definition) is 2. The van der Waals surface area contributed by atoms with Crippen molar-refractivity contribution in [1.82, 2.24) is 0 Å². The maximum Gasteiger partial charge on any atom is 0.294 e. The van der Waals surface area contributed by atoms with Gasteiger partial charge in [0.05, 0.1) is 4.90 Å². The zero-order valence-electron chi connectivity index (χ0n) is 11.8. The summed E-state index contributed by atoms with van der Waals surface area (Å²) >= 11 is 0. The minimum atomic E-state index is -4.02. The summed E-state index contributed by atoms with van der Waals surface area (Å²) in [7, 11) is -4.02. The topological polar surface area (TPSA) is 97.5 Å². The quantitative estimate of drug-likeness (QED) is 0.505. The summed E-state index contributed by atoms with van der Waals surface area (Å²) in [6, 6.07) is 13.0. The van der Waals surface area contributed by atoms with Crippen LogP contribution < -0.4 is 5.73 Å². The minimum absolute atomic E-state index is 0.0121. The van der Waals surface area contributed by atoms with Crippen molar-refractivity contribution in [1.29, 1.82) is 0 Å². The number of nitrogens with two attached hydrogens (primary N) is 1. The normalized spacial score (nSPS) is 10.4. The zero-order valence-corrected chi connectivity index (χ0v) is 12.6. The predicted octanol–water partition coefficient (Wildman–Crippen LogP) is 2.71. The van der Waals surface area contributed by atoms with Crippen LogP contribution in [0.1, 0.15) is 22.8 Å². The molecular weight excluding hydrogens is 290 g/mol. The van der Waals surface area contributed by atoms with Gasteiger partial charge in [-0.15, -0.1) is 0 Å². The van der Waals surface area contributed by atoms with Gasteiger partial charge in [-0.25, -0.2) is 0 Å². The molecule has 0 amide bonds. The van der Waals surface area contributed by atoms with Crippen LogP contribution in [0.3, 0.4) is 0 Å². The van der Waals surface area contributed by atoms with E-state index in [0.717, 1.165) is 5.56 Å². The highest BCUT2D eigenvalue weighted by molar-refractivity contribution is 7.85. The molecule has 0 aliphatic carbocycles. The van der Waals surface area contributed by atoms with E-state index in [0.29, 0.717) is 11.3 Å². The van der Waals surface area contributed by atoms with E-state index in [1.807, 2.05) is 13.0 Å². The first kappa shape index (κ1) is 16.9. The van der Waals surface area contributed by atoms with Gasteiger partial charge >= 0.3 is 0 Å². The molecule has 0 unspecified atom stereocenters. The Morgan fingerprint density at radius 2 is 1.57 bits per heavy atom. The van der Waals surface area contributed by atoms with E-state index < -0.39 is 10.1 Å². The lowest BCUT2D eigenvalue weighted by atomic mass is 10.1. The first-order valence-corrected chi connectivity index (χ1v) is 7.55. The molecule has 0 spiro atoms. The minimum Gasteiger partial charge on any atom is -0.398 e. The third-order valence-electron chi connectivity index (χ3n) is 2.66. The molecule has 0 heterocycles. The number of anilines is 1. The summed E-state index contributed by atoms with van der Waals surface area (Å²) in [4.78, 5) is 10.7. The largest absolute Gasteiger partial charge is 0.398 e. The van der Waals surface area contributed by atoms with E-state index in [1.165, 1.54) is 19.1 Å². The van der Waals surface area contributed by atoms with Crippen LogP contribution in [-0.4, -0.2) is 18.8 Å². The van der Waals surface area contributed by atoms with Crippen molar-refractivity contribution in [2.45, 2.75) is 18.7 Å². The maximum atomic E-state index is 10.8. The van der Waals surface area contributed by atoms with Crippen LogP contribution in [0.5, 0.6) is 0 Å². The summed E-state index contributed by atoms with van der Waals surface area (Å²) in [6.07, 6.45) is 0. The van der Waals surface area contributed by atoms with Gasteiger partial charge in [0, 0.05) is 11.3 Å². The number of nitrogen functional groups attached to an aromatic ring is 1. The Morgan fingerprint density at radius 3 is 1.95 bits per heavy atom. The Labute approximate surface area is 124 Å². The standard InChI is InChI=1S/C8H9NO.C7H8O3S/c1-6(10)7-4-2-3-5-8(7)9;1-6-2-4-7(5-3-6)11(8,9)10/h2-5H,9H2,1H3;2-5H,1H3,(H,8,9,10). The van der Waals surface area contributed by atoms with E-state index in [9.17, 15) is 13.2 Å². The maximum absolute atomic E-state index is 10.8. The van der Waals surface area contributed by atoms with Crippen LogP contribution >= 0.6 is 0 Å². The van der Waals surface area contributed by atoms with Gasteiger partial charge in [-0.1, -0.05) is 29.8 Å². The van der Waals surface area contributed by atoms with Crippen LogP contribution in [0.2, 0.25) is 0 Å². The van der Waals surface area contributed by atoms with Crippen molar-refractivity contribution in [3.63, 3.8) is 0 Å². The predicted molar refractivity (Wildman–Crippen MR) is 81.9 cm³/mol. The molecule has 0 radical (unpaired) electrons. The second kappa shape index (κ2) is 7.01. The molecule has 0 bridgehead atoms. The monoisotopic (exact) mass is 307 g/mol. The van der Waals surface area contributed by atoms with Gasteiger partial charge in [-0.05, 0) is 38.1 Å². The van der Waals surface area contributed by atoms with E-state index >= 15 is 0 Å². The van der Waals surface area contributed by atoms with Gasteiger partial charge in [-0.3, -0.25) is 9.35 Å². The smallest absolute Gasteiger partial charge is 0.294 e. The first-order chi connectivity index (χ1) is 9.71. The third kappa shape index (κ3) is 5.37. The lowest BCUT2D eigenvalue weighted by molar-refractivity contribution is 0.101. The molecule has 2 aromatic carbocycles. The van der Waals surface area contributed by atoms with Gasteiger partial charge in [0.1, 0.15) is 0 Å². The van der Waals surface area contributed by atoms with Crippen molar-refractivity contribution in [2.24, 2.45) is 0 Å². The van der Waals surface area contributed by atoms with E-state index in [4.69, 9.17) is 10.3 Å². The highest BCUT2D eigenvalue weighted by atomic mass is 32.2. The van der Waals surface area contributed by atoms with Crippen molar-refractivity contribution >= 4 is 21.6 Å². The molecule has 0 aliphatic rings. The molecule has 0 aliphatic heterocycles. The number of carbonyl (C=O) groups is 1. The molecule has 3 N–H and O–H groups in total. The lowest BCUT2D eigenvalue weighted by Gasteiger charge is -1.97. The molecule has 21 heavy (non-hydrogen) atoms. The summed E-state index contributed by atoms with van der Waals surface area (Å²) in [6.45, 7) is 3.35. The third-order valence-corrected chi connectivity index (χ3v) is 3.53. The van der Waals surface area contributed by atoms with Gasteiger partial charge in [-0.2, -0.15) is 8.42 Å². The van der Waals surface area contributed by atoms with Crippen LogP contribution in [-0.2, 0) is 10.1 Å². The number of benzene rings is 2.